The molecule has 1 aliphatic rings. The van der Waals surface area contributed by atoms with Crippen molar-refractivity contribution in [2.24, 2.45) is 0 Å². The van der Waals surface area contributed by atoms with Gasteiger partial charge in [-0.05, 0) is 80.1 Å². The lowest BCUT2D eigenvalue weighted by Gasteiger charge is -2.40. The molecule has 3 aromatic carbocycles. The molecule has 29 heavy (non-hydrogen) atoms. The van der Waals surface area contributed by atoms with E-state index in [2.05, 4.69) is 5.32 Å². The molecule has 4 rings (SSSR count). The van der Waals surface area contributed by atoms with Gasteiger partial charge in [-0.1, -0.05) is 0 Å². The van der Waals surface area contributed by atoms with Gasteiger partial charge in [0, 0.05) is 34.2 Å². The molecule has 1 aliphatic heterocycles. The average molecular weight is 393 g/mol. The smallest absolute Gasteiger partial charge is 0.258 e. The zero-order valence-electron chi connectivity index (χ0n) is 15.9. The number of hydrogen-bond donors (Lipinski definition) is 2. The molecule has 6 heteroatoms. The van der Waals surface area contributed by atoms with E-state index in [1.54, 1.807) is 47.4 Å². The molecule has 1 heterocycles. The van der Waals surface area contributed by atoms with Crippen LogP contribution in [0.25, 0.3) is 0 Å². The third-order valence-corrected chi connectivity index (χ3v) is 5.20. The molecule has 0 bridgehead atoms. The number of nitrogens with one attached hydrogen (secondary N) is 1. The van der Waals surface area contributed by atoms with Gasteiger partial charge in [0.1, 0.15) is 11.6 Å². The van der Waals surface area contributed by atoms with Gasteiger partial charge in [-0.15, -0.1) is 0 Å². The van der Waals surface area contributed by atoms with E-state index in [1.807, 2.05) is 6.92 Å². The summed E-state index contributed by atoms with van der Waals surface area (Å²) in [6, 6.07) is 16.9. The highest BCUT2D eigenvalue weighted by atomic mass is 19.1. The number of nitrogens with two attached hydrogens (primary N) is 1. The Hall–Kier alpha value is -3.41. The number of hydrogen-bond acceptors (Lipinski definition) is 3. The molecule has 148 valence electrons. The molecular weight excluding hydrogens is 372 g/mol. The maximum Gasteiger partial charge on any atom is 0.258 e. The Kier molecular flexibility index (Phi) is 4.92. The minimum absolute atomic E-state index is 0.129. The molecule has 3 N–H and O–H groups in total. The van der Waals surface area contributed by atoms with Gasteiger partial charge in [-0.25, -0.2) is 8.78 Å². The highest BCUT2D eigenvalue weighted by Gasteiger charge is 2.34. The number of nitrogens with zero attached hydrogens (tertiary/aromatic N) is 1. The van der Waals surface area contributed by atoms with E-state index >= 15 is 0 Å². The minimum Gasteiger partial charge on any atom is -0.399 e. The van der Waals surface area contributed by atoms with Crippen LogP contribution in [0.4, 0.5) is 25.8 Å². The Morgan fingerprint density at radius 3 is 2.34 bits per heavy atom. The first-order valence-corrected chi connectivity index (χ1v) is 9.43. The minimum atomic E-state index is -0.371. The average Bonchev–Trinajstić information content (AvgIpc) is 2.70. The van der Waals surface area contributed by atoms with Crippen molar-refractivity contribution < 1.29 is 13.6 Å². The molecule has 0 fully saturated rings. The van der Waals surface area contributed by atoms with Crippen LogP contribution in [0.15, 0.2) is 66.7 Å². The third kappa shape index (κ3) is 3.78. The summed E-state index contributed by atoms with van der Waals surface area (Å²) in [5.41, 5.74) is 8.91. The predicted molar refractivity (Wildman–Crippen MR) is 111 cm³/mol. The second-order valence-electron chi connectivity index (χ2n) is 7.29. The zero-order valence-corrected chi connectivity index (χ0v) is 15.9. The highest BCUT2D eigenvalue weighted by Crippen LogP contribution is 2.40. The molecule has 2 unspecified atom stereocenters. The Bertz CT molecular complexity index is 1030. The van der Waals surface area contributed by atoms with Crippen LogP contribution in [0, 0.1) is 11.6 Å². The van der Waals surface area contributed by atoms with Crippen molar-refractivity contribution in [1.82, 2.24) is 0 Å². The van der Waals surface area contributed by atoms with Gasteiger partial charge in [-0.3, -0.25) is 4.79 Å². The molecular formula is C23H21F2N3O. The molecule has 1 amide bonds. The molecule has 4 nitrogen and oxygen atoms in total. The summed E-state index contributed by atoms with van der Waals surface area (Å²) in [4.78, 5) is 14.9. The second-order valence-corrected chi connectivity index (χ2v) is 7.29. The number of anilines is 3. The van der Waals surface area contributed by atoms with Gasteiger partial charge >= 0.3 is 0 Å². The molecule has 0 spiro atoms. The first-order chi connectivity index (χ1) is 13.9. The Balaban J connectivity index is 1.70. The Labute approximate surface area is 168 Å². The molecule has 3 aromatic rings. The molecule has 0 radical (unpaired) electrons. The number of benzene rings is 3. The second kappa shape index (κ2) is 7.54. The van der Waals surface area contributed by atoms with E-state index in [0.29, 0.717) is 28.9 Å². The maximum atomic E-state index is 14.1. The van der Waals surface area contributed by atoms with Gasteiger partial charge < -0.3 is 16.0 Å². The quantitative estimate of drug-likeness (QED) is 0.606. The fourth-order valence-corrected chi connectivity index (χ4v) is 3.79. The normalized spacial score (nSPS) is 18.2. The van der Waals surface area contributed by atoms with Crippen LogP contribution in [0.5, 0.6) is 0 Å². The van der Waals surface area contributed by atoms with Crippen molar-refractivity contribution in [2.75, 3.05) is 16.0 Å². The zero-order chi connectivity index (χ0) is 20.5. The van der Waals surface area contributed by atoms with E-state index in [-0.39, 0.29) is 29.6 Å². The summed E-state index contributed by atoms with van der Waals surface area (Å²) in [6.45, 7) is 1.96. The molecule has 0 saturated carbocycles. The fraction of sp³-hybridized carbons (Fsp3) is 0.174. The molecule has 0 aliphatic carbocycles. The van der Waals surface area contributed by atoms with Crippen molar-refractivity contribution >= 4 is 23.0 Å². The third-order valence-electron chi connectivity index (χ3n) is 5.20. The van der Waals surface area contributed by atoms with Crippen LogP contribution in [0.3, 0.4) is 0 Å². The first-order valence-electron chi connectivity index (χ1n) is 9.43. The van der Waals surface area contributed by atoms with E-state index in [1.165, 1.54) is 24.3 Å². The summed E-state index contributed by atoms with van der Waals surface area (Å²) in [7, 11) is 0. The predicted octanol–water partition coefficient (Wildman–Crippen LogP) is 5.14. The lowest BCUT2D eigenvalue weighted by Crippen LogP contribution is -2.44. The summed E-state index contributed by atoms with van der Waals surface area (Å²) >= 11 is 0. The number of carbonyl (C=O) groups excluding carboxylic acids is 1. The van der Waals surface area contributed by atoms with Crippen LogP contribution in [0.2, 0.25) is 0 Å². The van der Waals surface area contributed by atoms with Crippen LogP contribution in [-0.4, -0.2) is 11.9 Å². The Morgan fingerprint density at radius 2 is 1.66 bits per heavy atom. The van der Waals surface area contributed by atoms with Gasteiger partial charge in [0.15, 0.2) is 0 Å². The van der Waals surface area contributed by atoms with Crippen molar-refractivity contribution in [3.05, 3.63) is 89.5 Å². The van der Waals surface area contributed by atoms with Gasteiger partial charge in [-0.2, -0.15) is 0 Å². The SMILES string of the molecule is CC1CC(Nc2ccc(F)cc2)c2cc(F)ccc2N1C(=O)c1ccc(N)cc1. The van der Waals surface area contributed by atoms with E-state index in [0.717, 1.165) is 5.69 Å². The molecule has 0 saturated heterocycles. The topological polar surface area (TPSA) is 58.4 Å². The summed E-state index contributed by atoms with van der Waals surface area (Å²) in [5.74, 6) is -0.853. The lowest BCUT2D eigenvalue weighted by molar-refractivity contribution is 0.0974. The van der Waals surface area contributed by atoms with Crippen LogP contribution in [-0.2, 0) is 0 Å². The number of carbonyl (C=O) groups is 1. The number of nitrogen functional groups attached to an aromatic ring is 1. The molecule has 0 aromatic heterocycles. The van der Waals surface area contributed by atoms with Crippen LogP contribution < -0.4 is 16.0 Å². The van der Waals surface area contributed by atoms with Gasteiger partial charge in [0.2, 0.25) is 0 Å². The highest BCUT2D eigenvalue weighted by molar-refractivity contribution is 6.07. The largest absolute Gasteiger partial charge is 0.399 e. The number of amides is 1. The Morgan fingerprint density at radius 1 is 1.00 bits per heavy atom. The molecule has 2 atom stereocenters. The monoisotopic (exact) mass is 393 g/mol. The van der Waals surface area contributed by atoms with Crippen molar-refractivity contribution in [2.45, 2.75) is 25.4 Å². The van der Waals surface area contributed by atoms with Crippen molar-refractivity contribution in [1.29, 1.82) is 0 Å². The van der Waals surface area contributed by atoms with E-state index in [9.17, 15) is 13.6 Å². The van der Waals surface area contributed by atoms with Gasteiger partial charge in [0.25, 0.3) is 5.91 Å². The summed E-state index contributed by atoms with van der Waals surface area (Å²) in [6.07, 6.45) is 0.578. The maximum absolute atomic E-state index is 14.1. The van der Waals surface area contributed by atoms with Crippen molar-refractivity contribution in [3.63, 3.8) is 0 Å². The van der Waals surface area contributed by atoms with Gasteiger partial charge in [0.05, 0.1) is 6.04 Å². The summed E-state index contributed by atoms with van der Waals surface area (Å²) in [5, 5.41) is 3.34. The number of fused-ring (bicyclic) bond motifs is 1. The van der Waals surface area contributed by atoms with E-state index in [4.69, 9.17) is 5.73 Å². The van der Waals surface area contributed by atoms with Crippen LogP contribution >= 0.6 is 0 Å². The number of halogens is 2. The lowest BCUT2D eigenvalue weighted by atomic mass is 9.90. The summed E-state index contributed by atoms with van der Waals surface area (Å²) < 4.78 is 27.3. The van der Waals surface area contributed by atoms with Crippen LogP contribution in [0.1, 0.15) is 35.3 Å². The van der Waals surface area contributed by atoms with Crippen molar-refractivity contribution in [3.8, 4) is 0 Å². The van der Waals surface area contributed by atoms with E-state index < -0.39 is 0 Å². The number of rotatable bonds is 3. The first kappa shape index (κ1) is 18.9. The standard InChI is InChI=1S/C23H21F2N3O/c1-14-12-21(27-19-9-4-16(24)5-10-19)20-13-17(25)6-11-22(20)28(14)23(29)15-2-7-18(26)8-3-15/h2-11,13-14,21,27H,12,26H2,1H3. The fourth-order valence-electron chi connectivity index (χ4n) is 3.79.